The fraction of sp³-hybridized carbons (Fsp3) is 0.562. The van der Waals surface area contributed by atoms with Crippen LogP contribution in [0, 0.1) is 0 Å². The van der Waals surface area contributed by atoms with Crippen molar-refractivity contribution in [3.8, 4) is 0 Å². The van der Waals surface area contributed by atoms with Gasteiger partial charge in [0.25, 0.3) is 0 Å². The van der Waals surface area contributed by atoms with Crippen LogP contribution in [0.4, 0.5) is 0 Å². The Morgan fingerprint density at radius 2 is 1.89 bits per heavy atom. The van der Waals surface area contributed by atoms with Crippen molar-refractivity contribution < 1.29 is 4.79 Å². The Hall–Kier alpha value is -1.02. The van der Waals surface area contributed by atoms with Crippen molar-refractivity contribution in [3.63, 3.8) is 0 Å². The molecule has 0 aliphatic heterocycles. The van der Waals surface area contributed by atoms with E-state index in [0.717, 1.165) is 31.4 Å². The maximum absolute atomic E-state index is 12.6. The highest BCUT2D eigenvalue weighted by atomic mass is 35.5. The van der Waals surface area contributed by atoms with E-state index in [2.05, 4.69) is 13.8 Å². The SMILES string of the molecule is CCCCN(CCCl)C(=O)C(CC)c1ccccc1. The number of hydrogen-bond acceptors (Lipinski definition) is 1. The van der Waals surface area contributed by atoms with Crippen molar-refractivity contribution in [1.82, 2.24) is 4.90 Å². The van der Waals surface area contributed by atoms with Gasteiger partial charge in [-0.05, 0) is 18.4 Å². The highest BCUT2D eigenvalue weighted by molar-refractivity contribution is 6.18. The summed E-state index contributed by atoms with van der Waals surface area (Å²) in [5, 5.41) is 0. The third kappa shape index (κ3) is 4.87. The van der Waals surface area contributed by atoms with E-state index in [9.17, 15) is 4.79 Å². The number of benzene rings is 1. The van der Waals surface area contributed by atoms with E-state index >= 15 is 0 Å². The zero-order valence-corrected chi connectivity index (χ0v) is 12.7. The van der Waals surface area contributed by atoms with Crippen LogP contribution in [-0.2, 0) is 4.79 Å². The van der Waals surface area contributed by atoms with Crippen LogP contribution in [0.5, 0.6) is 0 Å². The van der Waals surface area contributed by atoms with Crippen molar-refractivity contribution in [2.45, 2.75) is 39.0 Å². The minimum atomic E-state index is -0.0405. The standard InChI is InChI=1S/C16H24ClNO/c1-3-5-12-18(13-11-17)16(19)15(4-2)14-9-7-6-8-10-14/h6-10,15H,3-5,11-13H2,1-2H3. The molecule has 0 aliphatic carbocycles. The molecule has 0 spiro atoms. The minimum absolute atomic E-state index is 0.0405. The van der Waals surface area contributed by atoms with E-state index in [4.69, 9.17) is 11.6 Å². The molecule has 0 bridgehead atoms. The molecule has 1 aromatic rings. The van der Waals surface area contributed by atoms with Crippen LogP contribution in [0.1, 0.15) is 44.6 Å². The van der Waals surface area contributed by atoms with Crippen molar-refractivity contribution in [2.75, 3.05) is 19.0 Å². The monoisotopic (exact) mass is 281 g/mol. The summed E-state index contributed by atoms with van der Waals surface area (Å²) in [6.45, 7) is 5.65. The molecular weight excluding hydrogens is 258 g/mol. The smallest absolute Gasteiger partial charge is 0.230 e. The first kappa shape index (κ1) is 16.0. The molecule has 0 aliphatic rings. The first-order chi connectivity index (χ1) is 9.24. The zero-order chi connectivity index (χ0) is 14.1. The van der Waals surface area contributed by atoms with Crippen molar-refractivity contribution in [3.05, 3.63) is 35.9 Å². The summed E-state index contributed by atoms with van der Waals surface area (Å²) in [7, 11) is 0. The Kier molecular flexibility index (Phi) is 7.57. The molecule has 1 unspecified atom stereocenters. The van der Waals surface area contributed by atoms with E-state index < -0.39 is 0 Å². The molecule has 1 rings (SSSR count). The second-order valence-electron chi connectivity index (χ2n) is 4.74. The molecule has 1 aromatic carbocycles. The summed E-state index contributed by atoms with van der Waals surface area (Å²) < 4.78 is 0. The summed E-state index contributed by atoms with van der Waals surface area (Å²) in [5.74, 6) is 0.671. The van der Waals surface area contributed by atoms with Gasteiger partial charge in [0.05, 0.1) is 5.92 Å². The molecule has 106 valence electrons. The van der Waals surface area contributed by atoms with Crippen LogP contribution < -0.4 is 0 Å². The van der Waals surface area contributed by atoms with Crippen LogP contribution in [0.25, 0.3) is 0 Å². The summed E-state index contributed by atoms with van der Waals surface area (Å²) in [4.78, 5) is 14.6. The van der Waals surface area contributed by atoms with E-state index in [1.165, 1.54) is 0 Å². The van der Waals surface area contributed by atoms with Gasteiger partial charge in [-0.2, -0.15) is 0 Å². The van der Waals surface area contributed by atoms with E-state index in [0.29, 0.717) is 12.4 Å². The highest BCUT2D eigenvalue weighted by Gasteiger charge is 2.23. The van der Waals surface area contributed by atoms with Crippen LogP contribution in [0.15, 0.2) is 30.3 Å². The predicted octanol–water partition coefficient (Wildman–Crippen LogP) is 4.05. The molecule has 0 N–H and O–H groups in total. The molecule has 19 heavy (non-hydrogen) atoms. The normalized spacial score (nSPS) is 12.2. The molecule has 0 saturated heterocycles. The van der Waals surface area contributed by atoms with Gasteiger partial charge in [0.2, 0.25) is 5.91 Å². The number of hydrogen-bond donors (Lipinski definition) is 0. The first-order valence-electron chi connectivity index (χ1n) is 7.14. The van der Waals surface area contributed by atoms with E-state index in [1.54, 1.807) is 0 Å². The van der Waals surface area contributed by atoms with E-state index in [1.807, 2.05) is 35.2 Å². The minimum Gasteiger partial charge on any atom is -0.341 e. The van der Waals surface area contributed by atoms with E-state index in [-0.39, 0.29) is 11.8 Å². The lowest BCUT2D eigenvalue weighted by Crippen LogP contribution is -2.37. The summed E-state index contributed by atoms with van der Waals surface area (Å²) in [6, 6.07) is 10.0. The summed E-state index contributed by atoms with van der Waals surface area (Å²) >= 11 is 5.82. The average Bonchev–Trinajstić information content (AvgIpc) is 2.45. The van der Waals surface area contributed by atoms with Crippen LogP contribution >= 0.6 is 11.6 Å². The fourth-order valence-electron chi connectivity index (χ4n) is 2.24. The van der Waals surface area contributed by atoms with Gasteiger partial charge in [-0.1, -0.05) is 50.6 Å². The van der Waals surface area contributed by atoms with Crippen molar-refractivity contribution in [2.24, 2.45) is 0 Å². The number of amides is 1. The van der Waals surface area contributed by atoms with Gasteiger partial charge in [0, 0.05) is 19.0 Å². The van der Waals surface area contributed by atoms with Gasteiger partial charge < -0.3 is 4.90 Å². The number of carbonyl (C=O) groups is 1. The second-order valence-corrected chi connectivity index (χ2v) is 5.12. The third-order valence-electron chi connectivity index (χ3n) is 3.36. The van der Waals surface area contributed by atoms with Crippen molar-refractivity contribution in [1.29, 1.82) is 0 Å². The highest BCUT2D eigenvalue weighted by Crippen LogP contribution is 2.22. The number of nitrogens with zero attached hydrogens (tertiary/aromatic N) is 1. The topological polar surface area (TPSA) is 20.3 Å². The molecule has 0 aromatic heterocycles. The largest absolute Gasteiger partial charge is 0.341 e. The molecule has 1 amide bonds. The molecular formula is C16H24ClNO. The predicted molar refractivity (Wildman–Crippen MR) is 81.7 cm³/mol. The molecule has 0 fully saturated rings. The van der Waals surface area contributed by atoms with Gasteiger partial charge >= 0.3 is 0 Å². The Balaban J connectivity index is 2.80. The van der Waals surface area contributed by atoms with Gasteiger partial charge in [0.1, 0.15) is 0 Å². The third-order valence-corrected chi connectivity index (χ3v) is 3.53. The van der Waals surface area contributed by atoms with Crippen molar-refractivity contribution >= 4 is 17.5 Å². The van der Waals surface area contributed by atoms with Gasteiger partial charge in [-0.15, -0.1) is 11.6 Å². The lowest BCUT2D eigenvalue weighted by molar-refractivity contribution is -0.132. The molecule has 0 radical (unpaired) electrons. The first-order valence-corrected chi connectivity index (χ1v) is 7.67. The summed E-state index contributed by atoms with van der Waals surface area (Å²) in [6.07, 6.45) is 2.95. The summed E-state index contributed by atoms with van der Waals surface area (Å²) in [5.41, 5.74) is 1.10. The number of alkyl halides is 1. The van der Waals surface area contributed by atoms with Gasteiger partial charge in [0.15, 0.2) is 0 Å². The fourth-order valence-corrected chi connectivity index (χ4v) is 2.45. The molecule has 2 nitrogen and oxygen atoms in total. The molecule has 0 heterocycles. The Bertz CT molecular complexity index is 366. The average molecular weight is 282 g/mol. The maximum Gasteiger partial charge on any atom is 0.230 e. The molecule has 3 heteroatoms. The van der Waals surface area contributed by atoms with Gasteiger partial charge in [-0.25, -0.2) is 0 Å². The lowest BCUT2D eigenvalue weighted by Gasteiger charge is -2.26. The zero-order valence-electron chi connectivity index (χ0n) is 11.9. The molecule has 1 atom stereocenters. The Morgan fingerprint density at radius 3 is 2.42 bits per heavy atom. The number of unbranched alkanes of at least 4 members (excludes halogenated alkanes) is 1. The Labute approximate surface area is 121 Å². The lowest BCUT2D eigenvalue weighted by atomic mass is 9.95. The Morgan fingerprint density at radius 1 is 1.21 bits per heavy atom. The second kappa shape index (κ2) is 8.98. The number of rotatable bonds is 8. The molecule has 0 saturated carbocycles. The number of halogens is 1. The number of carbonyl (C=O) groups excluding carboxylic acids is 1. The van der Waals surface area contributed by atoms with Gasteiger partial charge in [-0.3, -0.25) is 4.79 Å². The van der Waals surface area contributed by atoms with Crippen LogP contribution in [0.2, 0.25) is 0 Å². The van der Waals surface area contributed by atoms with Crippen LogP contribution in [-0.4, -0.2) is 29.8 Å². The maximum atomic E-state index is 12.6. The van der Waals surface area contributed by atoms with Crippen LogP contribution in [0.3, 0.4) is 0 Å². The quantitative estimate of drug-likeness (QED) is 0.659.